The third kappa shape index (κ3) is 4.86. The molecule has 0 aromatic carbocycles. The van der Waals surface area contributed by atoms with Gasteiger partial charge in [0.25, 0.3) is 5.92 Å². The highest BCUT2D eigenvalue weighted by atomic mass is 19.3. The van der Waals surface area contributed by atoms with Crippen LogP contribution in [0.3, 0.4) is 0 Å². The fourth-order valence-electron chi connectivity index (χ4n) is 2.14. The highest BCUT2D eigenvalue weighted by Gasteiger charge is 2.37. The summed E-state index contributed by atoms with van der Waals surface area (Å²) in [4.78, 5) is 13.2. The number of carbonyl (C=O) groups excluding carboxylic acids is 1. The number of carbonyl (C=O) groups is 1. The van der Waals surface area contributed by atoms with E-state index in [9.17, 15) is 13.6 Å². The molecule has 0 spiro atoms. The van der Waals surface area contributed by atoms with E-state index in [1.807, 2.05) is 13.8 Å². The van der Waals surface area contributed by atoms with Crippen LogP contribution >= 0.6 is 0 Å². The highest BCUT2D eigenvalue weighted by Crippen LogP contribution is 2.24. The van der Waals surface area contributed by atoms with Crippen LogP contribution in [-0.4, -0.2) is 55.2 Å². The first-order chi connectivity index (χ1) is 8.13. The Bertz CT molecular complexity index is 302. The van der Waals surface area contributed by atoms with Gasteiger partial charge in [0.1, 0.15) is 0 Å². The van der Waals surface area contributed by atoms with E-state index in [0.717, 1.165) is 6.92 Å². The van der Waals surface area contributed by atoms with Crippen molar-refractivity contribution in [2.24, 2.45) is 0 Å². The number of nitrogens with zero attached hydrogens (tertiary/aromatic N) is 1. The van der Waals surface area contributed by atoms with E-state index in [-0.39, 0.29) is 6.10 Å². The van der Waals surface area contributed by atoms with Gasteiger partial charge in [-0.05, 0) is 20.8 Å². The predicted molar refractivity (Wildman–Crippen MR) is 62.6 cm³/mol. The molecule has 1 unspecified atom stereocenters. The van der Waals surface area contributed by atoms with Gasteiger partial charge in [0.2, 0.25) is 5.91 Å². The van der Waals surface area contributed by atoms with Crippen LogP contribution in [0, 0.1) is 0 Å². The summed E-state index contributed by atoms with van der Waals surface area (Å²) in [5.41, 5.74) is -0.542. The van der Waals surface area contributed by atoms with Crippen molar-refractivity contribution < 1.29 is 23.0 Å². The number of morpholine rings is 1. The zero-order chi connectivity index (χ0) is 14.0. The van der Waals surface area contributed by atoms with Gasteiger partial charge >= 0.3 is 0 Å². The van der Waals surface area contributed by atoms with Crippen LogP contribution in [0.25, 0.3) is 0 Å². The number of hydrogen-bond acceptors (Lipinski definition) is 3. The molecular formula is C12H21F2NO3. The second kappa shape index (κ2) is 5.48. The summed E-state index contributed by atoms with van der Waals surface area (Å²) in [6.07, 6.45) is -1.03. The van der Waals surface area contributed by atoms with E-state index in [2.05, 4.69) is 0 Å². The van der Waals surface area contributed by atoms with Crippen LogP contribution in [0.15, 0.2) is 0 Å². The molecule has 1 heterocycles. The molecule has 1 rings (SSSR count). The van der Waals surface area contributed by atoms with Gasteiger partial charge in [-0.2, -0.15) is 0 Å². The molecular weight excluding hydrogens is 244 g/mol. The Balaban J connectivity index is 2.67. The minimum Gasteiger partial charge on any atom is -0.382 e. The van der Waals surface area contributed by atoms with Gasteiger partial charge in [-0.25, -0.2) is 8.78 Å². The third-order valence-corrected chi connectivity index (χ3v) is 2.65. The topological polar surface area (TPSA) is 38.8 Å². The molecule has 0 bridgehead atoms. The zero-order valence-corrected chi connectivity index (χ0v) is 11.3. The lowest BCUT2D eigenvalue weighted by Crippen LogP contribution is -2.56. The molecule has 0 aromatic heterocycles. The van der Waals surface area contributed by atoms with Crippen molar-refractivity contribution in [3.8, 4) is 0 Å². The maximum atomic E-state index is 12.9. The molecule has 0 saturated carbocycles. The Hall–Kier alpha value is -0.750. The fraction of sp³-hybridized carbons (Fsp3) is 0.917. The maximum Gasteiger partial charge on any atom is 0.254 e. The second-order valence-corrected chi connectivity index (χ2v) is 5.48. The minimum atomic E-state index is -2.98. The first kappa shape index (κ1) is 15.3. The van der Waals surface area contributed by atoms with E-state index >= 15 is 0 Å². The number of rotatable bonds is 4. The Kier molecular flexibility index (Phi) is 4.66. The molecule has 0 aromatic rings. The molecule has 0 aliphatic carbocycles. The van der Waals surface area contributed by atoms with Crippen molar-refractivity contribution in [2.45, 2.75) is 44.8 Å². The number of amides is 1. The summed E-state index contributed by atoms with van der Waals surface area (Å²) in [7, 11) is 1.54. The van der Waals surface area contributed by atoms with Gasteiger partial charge in [0.05, 0.1) is 24.7 Å². The normalized spacial score (nSPS) is 24.1. The van der Waals surface area contributed by atoms with Crippen LogP contribution < -0.4 is 0 Å². The average molecular weight is 265 g/mol. The molecule has 1 saturated heterocycles. The molecule has 0 N–H and O–H groups in total. The van der Waals surface area contributed by atoms with Crippen molar-refractivity contribution in [3.05, 3.63) is 0 Å². The molecule has 1 fully saturated rings. The third-order valence-electron chi connectivity index (χ3n) is 2.65. The van der Waals surface area contributed by atoms with E-state index in [0.29, 0.717) is 19.7 Å². The summed E-state index contributed by atoms with van der Waals surface area (Å²) in [6.45, 7) is 5.38. The number of alkyl halides is 2. The largest absolute Gasteiger partial charge is 0.382 e. The highest BCUT2D eigenvalue weighted by molar-refractivity contribution is 5.77. The molecule has 1 aliphatic heterocycles. The number of halogens is 2. The first-order valence-electron chi connectivity index (χ1n) is 5.95. The lowest BCUT2D eigenvalue weighted by molar-refractivity contribution is -0.172. The summed E-state index contributed by atoms with van der Waals surface area (Å²) in [5.74, 6) is -3.52. The molecule has 1 atom stereocenters. The Labute approximate surface area is 106 Å². The molecule has 4 nitrogen and oxygen atoms in total. The molecule has 1 amide bonds. The van der Waals surface area contributed by atoms with Crippen LogP contribution in [0.1, 0.15) is 27.2 Å². The van der Waals surface area contributed by atoms with Crippen molar-refractivity contribution in [1.29, 1.82) is 0 Å². The number of hydrogen-bond donors (Lipinski definition) is 0. The van der Waals surface area contributed by atoms with Gasteiger partial charge in [-0.15, -0.1) is 0 Å². The van der Waals surface area contributed by atoms with Gasteiger partial charge in [-0.3, -0.25) is 4.79 Å². The Morgan fingerprint density at radius 2 is 2.17 bits per heavy atom. The fourth-order valence-corrected chi connectivity index (χ4v) is 2.14. The SMILES string of the molecule is COCC1CN(C(=O)CC(C)(F)F)CC(C)(C)O1. The monoisotopic (exact) mass is 265 g/mol. The quantitative estimate of drug-likeness (QED) is 0.776. The first-order valence-corrected chi connectivity index (χ1v) is 5.95. The molecule has 1 aliphatic rings. The van der Waals surface area contributed by atoms with E-state index in [1.165, 1.54) is 12.0 Å². The lowest BCUT2D eigenvalue weighted by Gasteiger charge is -2.42. The van der Waals surface area contributed by atoms with Gasteiger partial charge in [0.15, 0.2) is 0 Å². The summed E-state index contributed by atoms with van der Waals surface area (Å²) < 4.78 is 36.4. The summed E-state index contributed by atoms with van der Waals surface area (Å²) in [5, 5.41) is 0. The minimum absolute atomic E-state index is 0.270. The number of ether oxygens (including phenoxy) is 2. The average Bonchev–Trinajstić information content (AvgIpc) is 2.12. The number of methoxy groups -OCH3 is 1. The van der Waals surface area contributed by atoms with Crippen LogP contribution in [0.4, 0.5) is 8.78 Å². The molecule has 0 radical (unpaired) electrons. The molecule has 18 heavy (non-hydrogen) atoms. The van der Waals surface area contributed by atoms with Gasteiger partial charge in [0, 0.05) is 20.2 Å². The Morgan fingerprint density at radius 3 is 2.67 bits per heavy atom. The van der Waals surface area contributed by atoms with Gasteiger partial charge < -0.3 is 14.4 Å². The van der Waals surface area contributed by atoms with E-state index < -0.39 is 23.9 Å². The van der Waals surface area contributed by atoms with Crippen LogP contribution in [0.2, 0.25) is 0 Å². The predicted octanol–water partition coefficient (Wildman–Crippen LogP) is 1.68. The molecule has 106 valence electrons. The van der Waals surface area contributed by atoms with Crippen molar-refractivity contribution in [2.75, 3.05) is 26.8 Å². The maximum absolute atomic E-state index is 12.9. The smallest absolute Gasteiger partial charge is 0.254 e. The van der Waals surface area contributed by atoms with E-state index in [1.54, 1.807) is 0 Å². The summed E-state index contributed by atoms with van der Waals surface area (Å²) in [6, 6.07) is 0. The standard InChI is InChI=1S/C12H21F2NO3/c1-11(2)8-15(6-9(18-11)7-17-4)10(16)5-12(3,13)14/h9H,5-8H2,1-4H3. The zero-order valence-electron chi connectivity index (χ0n) is 11.3. The van der Waals surface area contributed by atoms with Crippen LogP contribution in [0.5, 0.6) is 0 Å². The van der Waals surface area contributed by atoms with Crippen molar-refractivity contribution in [3.63, 3.8) is 0 Å². The Morgan fingerprint density at radius 1 is 1.56 bits per heavy atom. The molecule has 6 heteroatoms. The van der Waals surface area contributed by atoms with Crippen molar-refractivity contribution >= 4 is 5.91 Å². The lowest BCUT2D eigenvalue weighted by atomic mass is 10.0. The van der Waals surface area contributed by atoms with Crippen molar-refractivity contribution in [1.82, 2.24) is 4.90 Å². The van der Waals surface area contributed by atoms with Crippen LogP contribution in [-0.2, 0) is 14.3 Å². The summed E-state index contributed by atoms with van der Waals surface area (Å²) >= 11 is 0. The van der Waals surface area contributed by atoms with Gasteiger partial charge in [-0.1, -0.05) is 0 Å². The second-order valence-electron chi connectivity index (χ2n) is 5.48. The van der Waals surface area contributed by atoms with E-state index in [4.69, 9.17) is 9.47 Å².